The second kappa shape index (κ2) is 3.60. The Kier molecular flexibility index (Phi) is 2.51. The first-order valence-electron chi connectivity index (χ1n) is 4.79. The minimum atomic E-state index is -3.27. The Balaban J connectivity index is 2.29. The molecule has 2 rings (SSSR count). The van der Waals surface area contributed by atoms with Gasteiger partial charge in [-0.05, 0) is 24.5 Å². The molecule has 0 radical (unpaired) electrons. The van der Waals surface area contributed by atoms with E-state index in [1.807, 2.05) is 0 Å². The van der Waals surface area contributed by atoms with Gasteiger partial charge in [0.25, 0.3) is 0 Å². The van der Waals surface area contributed by atoms with Gasteiger partial charge in [0.1, 0.15) is 5.69 Å². The Morgan fingerprint density at radius 2 is 2.31 bits per heavy atom. The SMILES string of the molecule is CS(=O)(=O)N[C@H]1CCc2[nH]c(C(=O)O)cc21. The summed E-state index contributed by atoms with van der Waals surface area (Å²) in [6.07, 6.45) is 2.42. The molecule has 1 aliphatic rings. The van der Waals surface area contributed by atoms with Gasteiger partial charge < -0.3 is 10.1 Å². The van der Waals surface area contributed by atoms with E-state index in [9.17, 15) is 13.2 Å². The molecule has 16 heavy (non-hydrogen) atoms. The van der Waals surface area contributed by atoms with Crippen LogP contribution in [-0.4, -0.2) is 30.7 Å². The number of aryl methyl sites for hydroxylation is 1. The number of sulfonamides is 1. The van der Waals surface area contributed by atoms with Crippen LogP contribution in [0.1, 0.15) is 34.2 Å². The first-order chi connectivity index (χ1) is 7.37. The number of aromatic nitrogens is 1. The summed E-state index contributed by atoms with van der Waals surface area (Å²) >= 11 is 0. The van der Waals surface area contributed by atoms with Crippen molar-refractivity contribution < 1.29 is 18.3 Å². The summed E-state index contributed by atoms with van der Waals surface area (Å²) in [5, 5.41) is 8.79. The summed E-state index contributed by atoms with van der Waals surface area (Å²) in [5.74, 6) is -1.03. The predicted molar refractivity (Wildman–Crippen MR) is 56.8 cm³/mol. The lowest BCUT2D eigenvalue weighted by molar-refractivity contribution is 0.0691. The van der Waals surface area contributed by atoms with Crippen LogP contribution in [0, 0.1) is 0 Å². The van der Waals surface area contributed by atoms with Gasteiger partial charge in [-0.25, -0.2) is 17.9 Å². The average molecular weight is 244 g/mol. The highest BCUT2D eigenvalue weighted by Crippen LogP contribution is 2.31. The minimum absolute atomic E-state index is 0.102. The Hall–Kier alpha value is -1.34. The second-order valence-electron chi connectivity index (χ2n) is 3.90. The zero-order valence-corrected chi connectivity index (χ0v) is 9.47. The molecule has 0 aliphatic heterocycles. The summed E-state index contributed by atoms with van der Waals surface area (Å²) in [6.45, 7) is 0. The number of aromatic amines is 1. The van der Waals surface area contributed by atoms with Crippen LogP contribution in [0.4, 0.5) is 0 Å². The van der Waals surface area contributed by atoms with Crippen molar-refractivity contribution in [2.45, 2.75) is 18.9 Å². The van der Waals surface area contributed by atoms with Gasteiger partial charge in [-0.2, -0.15) is 0 Å². The number of H-pyrrole nitrogens is 1. The maximum absolute atomic E-state index is 11.1. The zero-order chi connectivity index (χ0) is 11.9. The maximum Gasteiger partial charge on any atom is 0.352 e. The highest BCUT2D eigenvalue weighted by molar-refractivity contribution is 7.88. The van der Waals surface area contributed by atoms with Gasteiger partial charge in [-0.3, -0.25) is 0 Å². The van der Waals surface area contributed by atoms with Crippen molar-refractivity contribution >= 4 is 16.0 Å². The van der Waals surface area contributed by atoms with Crippen LogP contribution in [0.3, 0.4) is 0 Å². The first-order valence-corrected chi connectivity index (χ1v) is 6.68. The van der Waals surface area contributed by atoms with Crippen molar-refractivity contribution in [3.05, 3.63) is 23.0 Å². The Labute approximate surface area is 92.7 Å². The van der Waals surface area contributed by atoms with E-state index in [1.165, 1.54) is 6.07 Å². The van der Waals surface area contributed by atoms with Crippen molar-refractivity contribution in [1.82, 2.24) is 9.71 Å². The highest BCUT2D eigenvalue weighted by atomic mass is 32.2. The lowest BCUT2D eigenvalue weighted by Crippen LogP contribution is -2.25. The van der Waals surface area contributed by atoms with E-state index in [0.29, 0.717) is 12.8 Å². The lowest BCUT2D eigenvalue weighted by atomic mass is 10.2. The summed E-state index contributed by atoms with van der Waals surface area (Å²) in [4.78, 5) is 13.5. The van der Waals surface area contributed by atoms with Crippen LogP contribution < -0.4 is 4.72 Å². The topological polar surface area (TPSA) is 99.3 Å². The molecule has 6 nitrogen and oxygen atoms in total. The van der Waals surface area contributed by atoms with E-state index in [2.05, 4.69) is 9.71 Å². The molecule has 0 aromatic carbocycles. The summed E-state index contributed by atoms with van der Waals surface area (Å²) in [5.41, 5.74) is 1.64. The van der Waals surface area contributed by atoms with Crippen LogP contribution in [0.15, 0.2) is 6.07 Å². The molecule has 3 N–H and O–H groups in total. The number of hydrogen-bond donors (Lipinski definition) is 3. The molecule has 1 aromatic rings. The number of carbonyl (C=O) groups is 1. The molecule has 1 heterocycles. The second-order valence-corrected chi connectivity index (χ2v) is 5.68. The van der Waals surface area contributed by atoms with Gasteiger partial charge in [-0.1, -0.05) is 0 Å². The quantitative estimate of drug-likeness (QED) is 0.709. The molecular weight excluding hydrogens is 232 g/mol. The molecule has 0 fully saturated rings. The monoisotopic (exact) mass is 244 g/mol. The number of fused-ring (bicyclic) bond motifs is 1. The average Bonchev–Trinajstić information content (AvgIpc) is 2.64. The maximum atomic E-state index is 11.1. The van der Waals surface area contributed by atoms with Crippen LogP contribution in [0.2, 0.25) is 0 Å². The largest absolute Gasteiger partial charge is 0.477 e. The van der Waals surface area contributed by atoms with Gasteiger partial charge in [0.05, 0.1) is 6.26 Å². The number of carboxylic acid groups (broad SMARTS) is 1. The number of rotatable bonds is 3. The fourth-order valence-electron chi connectivity index (χ4n) is 1.97. The van der Waals surface area contributed by atoms with Gasteiger partial charge in [0, 0.05) is 11.7 Å². The summed E-state index contributed by atoms with van der Waals surface area (Å²) < 4.78 is 24.7. The van der Waals surface area contributed by atoms with E-state index in [0.717, 1.165) is 17.5 Å². The number of aromatic carboxylic acids is 1. The standard InChI is InChI=1S/C9H12N2O4S/c1-16(14,15)11-7-3-2-6-5(7)4-8(10-6)9(12)13/h4,7,10-11H,2-3H2,1H3,(H,12,13)/t7-/m0/s1. The van der Waals surface area contributed by atoms with E-state index in [1.54, 1.807) is 0 Å². The van der Waals surface area contributed by atoms with Crippen molar-refractivity contribution in [3.63, 3.8) is 0 Å². The number of carboxylic acids is 1. The smallest absolute Gasteiger partial charge is 0.352 e. The van der Waals surface area contributed by atoms with E-state index >= 15 is 0 Å². The van der Waals surface area contributed by atoms with Crippen LogP contribution in [-0.2, 0) is 16.4 Å². The van der Waals surface area contributed by atoms with Crippen molar-refractivity contribution in [3.8, 4) is 0 Å². The highest BCUT2D eigenvalue weighted by Gasteiger charge is 2.28. The number of nitrogens with one attached hydrogen (secondary N) is 2. The predicted octanol–water partition coefficient (Wildman–Crippen LogP) is 0.249. The van der Waals surface area contributed by atoms with Crippen molar-refractivity contribution in [2.75, 3.05) is 6.26 Å². The lowest BCUT2D eigenvalue weighted by Gasteiger charge is -2.09. The molecule has 0 saturated heterocycles. The third-order valence-electron chi connectivity index (χ3n) is 2.58. The van der Waals surface area contributed by atoms with Crippen molar-refractivity contribution in [1.29, 1.82) is 0 Å². The van der Waals surface area contributed by atoms with E-state index in [4.69, 9.17) is 5.11 Å². The third kappa shape index (κ3) is 2.10. The molecule has 88 valence electrons. The van der Waals surface area contributed by atoms with Gasteiger partial charge >= 0.3 is 5.97 Å². The molecule has 1 atom stereocenters. The Morgan fingerprint density at radius 1 is 1.62 bits per heavy atom. The molecule has 1 aliphatic carbocycles. The van der Waals surface area contributed by atoms with Gasteiger partial charge in [-0.15, -0.1) is 0 Å². The third-order valence-corrected chi connectivity index (χ3v) is 3.29. The molecule has 0 unspecified atom stereocenters. The zero-order valence-electron chi connectivity index (χ0n) is 8.65. The van der Waals surface area contributed by atoms with Gasteiger partial charge in [0.2, 0.25) is 10.0 Å². The molecule has 0 spiro atoms. The molecule has 0 saturated carbocycles. The molecule has 1 aromatic heterocycles. The minimum Gasteiger partial charge on any atom is -0.477 e. The summed E-state index contributed by atoms with van der Waals surface area (Å²) in [7, 11) is -3.27. The molecule has 0 amide bonds. The van der Waals surface area contributed by atoms with Gasteiger partial charge in [0.15, 0.2) is 0 Å². The molecule has 7 heteroatoms. The normalized spacial score (nSPS) is 19.7. The fraction of sp³-hybridized carbons (Fsp3) is 0.444. The molecular formula is C9H12N2O4S. The Morgan fingerprint density at radius 3 is 2.88 bits per heavy atom. The van der Waals surface area contributed by atoms with E-state index < -0.39 is 16.0 Å². The molecule has 0 bridgehead atoms. The van der Waals surface area contributed by atoms with Crippen LogP contribution in [0.25, 0.3) is 0 Å². The fourth-order valence-corrected chi connectivity index (χ4v) is 2.73. The van der Waals surface area contributed by atoms with Crippen molar-refractivity contribution in [2.24, 2.45) is 0 Å². The number of hydrogen-bond acceptors (Lipinski definition) is 3. The summed E-state index contributed by atoms with van der Waals surface area (Å²) in [6, 6.07) is 1.18. The Bertz CT molecular complexity index is 532. The van der Waals surface area contributed by atoms with Crippen LogP contribution in [0.5, 0.6) is 0 Å². The van der Waals surface area contributed by atoms with E-state index in [-0.39, 0.29) is 11.7 Å². The van der Waals surface area contributed by atoms with Crippen LogP contribution >= 0.6 is 0 Å². The first kappa shape index (κ1) is 11.2.